The van der Waals surface area contributed by atoms with E-state index >= 15 is 0 Å². The number of imide groups is 1. The average Bonchev–Trinajstić information content (AvgIpc) is 3.89. The van der Waals surface area contributed by atoms with Gasteiger partial charge in [-0.25, -0.2) is 4.79 Å². The molecule has 4 N–H and O–H groups in total. The minimum absolute atomic E-state index is 0.0109. The van der Waals surface area contributed by atoms with Crippen molar-refractivity contribution in [2.45, 2.75) is 162 Å². The van der Waals surface area contributed by atoms with Gasteiger partial charge >= 0.3 is 6.03 Å². The number of piperidine rings is 2. The Hall–Kier alpha value is -3.51. The van der Waals surface area contributed by atoms with Crippen LogP contribution >= 0.6 is 0 Å². The van der Waals surface area contributed by atoms with Crippen molar-refractivity contribution in [2.24, 2.45) is 28.1 Å². The number of carbonyl (C=O) groups excluding carboxylic acids is 7. The number of carbonyl (C=O) groups is 7. The van der Waals surface area contributed by atoms with Crippen LogP contribution < -0.4 is 21.3 Å². The minimum Gasteiger partial charge on any atom is -0.347 e. The topological polar surface area (TPSA) is 174 Å². The van der Waals surface area contributed by atoms with Gasteiger partial charge in [0.05, 0.1) is 12.1 Å². The fraction of sp³-hybridized carbons (Fsp3) is 0.821. The molecule has 0 bridgehead atoms. The molecule has 6 atom stereocenters. The number of urea groups is 1. The van der Waals surface area contributed by atoms with E-state index < -0.39 is 58.6 Å². The second-order valence-electron chi connectivity index (χ2n) is 18.6. The molecule has 290 valence electrons. The van der Waals surface area contributed by atoms with Crippen LogP contribution in [0.15, 0.2) is 0 Å². The molecule has 5 rings (SSSR count). The van der Waals surface area contributed by atoms with Gasteiger partial charge in [0.15, 0.2) is 0 Å². The summed E-state index contributed by atoms with van der Waals surface area (Å²) in [7, 11) is 0. The third-order valence-corrected chi connectivity index (χ3v) is 12.2. The summed E-state index contributed by atoms with van der Waals surface area (Å²) in [5.74, 6) is -2.67. The lowest BCUT2D eigenvalue weighted by atomic mass is 9.80. The quantitative estimate of drug-likeness (QED) is 0.229. The summed E-state index contributed by atoms with van der Waals surface area (Å²) >= 11 is 0. The average molecular weight is 727 g/mol. The highest BCUT2D eigenvalue weighted by atomic mass is 16.2. The monoisotopic (exact) mass is 726 g/mol. The minimum atomic E-state index is -0.976. The van der Waals surface area contributed by atoms with Crippen molar-refractivity contribution in [3.63, 3.8) is 0 Å². The third kappa shape index (κ3) is 9.34. The maximum Gasteiger partial charge on any atom is 0.315 e. The Morgan fingerprint density at radius 1 is 0.827 bits per heavy atom. The number of fused-ring (bicyclic) bond motifs is 3. The first-order chi connectivity index (χ1) is 24.3. The van der Waals surface area contributed by atoms with Gasteiger partial charge in [0, 0.05) is 32.0 Å². The van der Waals surface area contributed by atoms with Crippen molar-refractivity contribution in [1.82, 2.24) is 31.1 Å². The summed E-state index contributed by atoms with van der Waals surface area (Å²) in [6, 6.07) is -3.88. The van der Waals surface area contributed by atoms with E-state index in [9.17, 15) is 33.6 Å². The standard InChI is InChI=1S/C39H62N6O7/c1-37(2,3)27(22-44-28(46)19-38(4,5)20-29(44)47)43-36(52)42-26-16-14-12-10-8-9-11-13-15-25(32(48)34(50)40-23-17-18-23)41-33(49)31-30-24(39(30,6)7)21-45(31)35(26)51/h23-27,30-31H,8-22H2,1-7H3,(H,40,50)(H,41,49)(H2,42,43,52)/t24-,25+,26-,27+,30-,31-/m0/s1. The molecule has 13 heteroatoms. The van der Waals surface area contributed by atoms with Crippen molar-refractivity contribution in [2.75, 3.05) is 13.1 Å². The number of Topliss-reactive ketones (excluding diaryl/α,β-unsaturated/α-hetero) is 1. The largest absolute Gasteiger partial charge is 0.347 e. The molecule has 3 heterocycles. The number of nitrogens with zero attached hydrogens (tertiary/aromatic N) is 2. The molecule has 0 aromatic heterocycles. The van der Waals surface area contributed by atoms with E-state index in [1.807, 2.05) is 34.6 Å². The van der Waals surface area contributed by atoms with Crippen LogP contribution in [0.2, 0.25) is 0 Å². The predicted molar refractivity (Wildman–Crippen MR) is 194 cm³/mol. The smallest absolute Gasteiger partial charge is 0.315 e. The molecule has 0 radical (unpaired) electrons. The van der Waals surface area contributed by atoms with E-state index in [4.69, 9.17) is 0 Å². The van der Waals surface area contributed by atoms with E-state index in [0.717, 1.165) is 44.9 Å². The summed E-state index contributed by atoms with van der Waals surface area (Å²) in [5, 5.41) is 11.6. The molecular weight excluding hydrogens is 664 g/mol. The Morgan fingerprint density at radius 3 is 1.98 bits per heavy atom. The first-order valence-electron chi connectivity index (χ1n) is 19.7. The van der Waals surface area contributed by atoms with Crippen LogP contribution in [0.5, 0.6) is 0 Å². The molecule has 2 aliphatic carbocycles. The van der Waals surface area contributed by atoms with Gasteiger partial charge in [-0.05, 0) is 53.8 Å². The summed E-state index contributed by atoms with van der Waals surface area (Å²) in [4.78, 5) is 97.3. The van der Waals surface area contributed by atoms with Crippen molar-refractivity contribution >= 4 is 41.4 Å². The molecule has 0 spiro atoms. The summed E-state index contributed by atoms with van der Waals surface area (Å²) in [5.41, 5.74) is -1.12. The second-order valence-corrected chi connectivity index (χ2v) is 18.6. The fourth-order valence-electron chi connectivity index (χ4n) is 8.51. The van der Waals surface area contributed by atoms with E-state index in [1.165, 1.54) is 4.90 Å². The molecule has 0 aromatic carbocycles. The highest BCUT2D eigenvalue weighted by Gasteiger charge is 2.69. The normalized spacial score (nSPS) is 30.4. The SMILES string of the molecule is CC1(C)CC(=O)N(C[C@@H](NC(=O)N[C@H]2CCCCCCCCC[C@H](C(=O)C(=O)NC3CC3)NC(=O)[C@@H]3[C@@H]4[C@H](CN3C2=O)C4(C)C)C(C)(C)C)C(=O)C1. The third-order valence-electron chi connectivity index (χ3n) is 12.2. The predicted octanol–water partition coefficient (Wildman–Crippen LogP) is 3.58. The summed E-state index contributed by atoms with van der Waals surface area (Å²) < 4.78 is 0. The highest BCUT2D eigenvalue weighted by Crippen LogP contribution is 2.65. The van der Waals surface area contributed by atoms with Crippen LogP contribution in [0.4, 0.5) is 4.79 Å². The Bertz CT molecular complexity index is 1410. The van der Waals surface area contributed by atoms with E-state index in [-0.39, 0.29) is 60.4 Å². The van der Waals surface area contributed by atoms with Gasteiger partial charge in [-0.2, -0.15) is 0 Å². The fourth-order valence-corrected chi connectivity index (χ4v) is 8.51. The summed E-state index contributed by atoms with van der Waals surface area (Å²) in [6.45, 7) is 14.1. The molecule has 52 heavy (non-hydrogen) atoms. The summed E-state index contributed by atoms with van der Waals surface area (Å²) in [6.07, 6.45) is 8.95. The second kappa shape index (κ2) is 15.5. The van der Waals surface area contributed by atoms with Crippen LogP contribution in [-0.4, -0.2) is 94.4 Å². The lowest BCUT2D eigenvalue weighted by molar-refractivity contribution is -0.153. The van der Waals surface area contributed by atoms with Gasteiger partial charge in [0.25, 0.3) is 5.91 Å². The molecule has 0 unspecified atom stereocenters. The number of hydrogen-bond acceptors (Lipinski definition) is 7. The van der Waals surface area contributed by atoms with Gasteiger partial charge in [0.1, 0.15) is 12.1 Å². The zero-order valence-corrected chi connectivity index (χ0v) is 32.4. The number of likely N-dealkylation sites (tertiary alicyclic amines) is 1. The van der Waals surface area contributed by atoms with E-state index in [0.29, 0.717) is 32.2 Å². The number of amides is 7. The van der Waals surface area contributed by atoms with Crippen LogP contribution in [0, 0.1) is 28.1 Å². The Morgan fingerprint density at radius 2 is 1.40 bits per heavy atom. The molecule has 3 saturated heterocycles. The number of rotatable bonds is 7. The Kier molecular flexibility index (Phi) is 11.8. The zero-order valence-electron chi connectivity index (χ0n) is 32.4. The first kappa shape index (κ1) is 39.7. The number of hydrogen-bond donors (Lipinski definition) is 4. The van der Waals surface area contributed by atoms with E-state index in [2.05, 4.69) is 35.1 Å². The molecule has 5 aliphatic rings. The van der Waals surface area contributed by atoms with Gasteiger partial charge in [-0.3, -0.25) is 33.7 Å². The molecular formula is C39H62N6O7. The molecule has 3 aliphatic heterocycles. The van der Waals surface area contributed by atoms with Crippen LogP contribution in [0.3, 0.4) is 0 Å². The molecule has 0 aromatic rings. The first-order valence-corrected chi connectivity index (χ1v) is 19.7. The molecule has 7 amide bonds. The zero-order chi connectivity index (χ0) is 38.2. The lowest BCUT2D eigenvalue weighted by Crippen LogP contribution is -2.61. The highest BCUT2D eigenvalue weighted by molar-refractivity contribution is 6.38. The van der Waals surface area contributed by atoms with Crippen molar-refractivity contribution in [3.8, 4) is 0 Å². The van der Waals surface area contributed by atoms with Crippen molar-refractivity contribution < 1.29 is 33.6 Å². The van der Waals surface area contributed by atoms with Crippen molar-refractivity contribution in [1.29, 1.82) is 0 Å². The molecule has 2 saturated carbocycles. The molecule has 5 fully saturated rings. The Balaban J connectivity index is 1.33. The van der Waals surface area contributed by atoms with E-state index in [1.54, 1.807) is 4.90 Å². The maximum atomic E-state index is 14.5. The van der Waals surface area contributed by atoms with Crippen molar-refractivity contribution in [3.05, 3.63) is 0 Å². The number of nitrogens with one attached hydrogen (secondary N) is 4. The van der Waals surface area contributed by atoms with Crippen LogP contribution in [0.1, 0.15) is 132 Å². The number of ketones is 1. The Labute approximate surface area is 308 Å². The lowest BCUT2D eigenvalue weighted by Gasteiger charge is -2.40. The van der Waals surface area contributed by atoms with Gasteiger partial charge < -0.3 is 26.2 Å². The van der Waals surface area contributed by atoms with Gasteiger partial charge in [-0.15, -0.1) is 0 Å². The maximum absolute atomic E-state index is 14.5. The molecule has 13 nitrogen and oxygen atoms in total. The van der Waals surface area contributed by atoms with Gasteiger partial charge in [0.2, 0.25) is 29.4 Å². The van der Waals surface area contributed by atoms with Crippen LogP contribution in [-0.2, 0) is 28.8 Å². The van der Waals surface area contributed by atoms with Crippen LogP contribution in [0.25, 0.3) is 0 Å². The van der Waals surface area contributed by atoms with Gasteiger partial charge in [-0.1, -0.05) is 93.4 Å².